The maximum Gasteiger partial charge on any atom is 0.115 e. The molecule has 3 heteroatoms. The number of phenols is 1. The van der Waals surface area contributed by atoms with E-state index in [-0.39, 0.29) is 5.75 Å². The van der Waals surface area contributed by atoms with Gasteiger partial charge in [-0.2, -0.15) is 0 Å². The molecule has 3 nitrogen and oxygen atoms in total. The van der Waals surface area contributed by atoms with Crippen LogP contribution in [0.2, 0.25) is 0 Å². The SMILES string of the molecule is NCC[C@@H](O)c1ccc(O)cc1. The lowest BCUT2D eigenvalue weighted by atomic mass is 10.1. The molecule has 1 rings (SSSR count). The van der Waals surface area contributed by atoms with Crippen molar-refractivity contribution in [3.8, 4) is 5.75 Å². The quantitative estimate of drug-likeness (QED) is 0.623. The van der Waals surface area contributed by atoms with Crippen LogP contribution in [-0.2, 0) is 0 Å². The molecule has 1 aromatic carbocycles. The Morgan fingerprint density at radius 1 is 1.25 bits per heavy atom. The zero-order chi connectivity index (χ0) is 8.97. The molecule has 0 fully saturated rings. The largest absolute Gasteiger partial charge is 0.508 e. The van der Waals surface area contributed by atoms with Crippen LogP contribution in [0.3, 0.4) is 0 Å². The fraction of sp³-hybridized carbons (Fsp3) is 0.333. The fourth-order valence-corrected chi connectivity index (χ4v) is 1.02. The first-order valence-electron chi connectivity index (χ1n) is 3.91. The van der Waals surface area contributed by atoms with Crippen molar-refractivity contribution in [1.82, 2.24) is 0 Å². The average Bonchev–Trinajstić information content (AvgIpc) is 2.06. The van der Waals surface area contributed by atoms with Gasteiger partial charge in [0.25, 0.3) is 0 Å². The Hall–Kier alpha value is -1.06. The Balaban J connectivity index is 2.68. The van der Waals surface area contributed by atoms with Crippen LogP contribution < -0.4 is 5.73 Å². The predicted molar refractivity (Wildman–Crippen MR) is 46.7 cm³/mol. The van der Waals surface area contributed by atoms with E-state index in [1.54, 1.807) is 24.3 Å². The maximum atomic E-state index is 9.45. The van der Waals surface area contributed by atoms with Crippen LogP contribution in [-0.4, -0.2) is 16.8 Å². The molecule has 0 saturated heterocycles. The fourth-order valence-electron chi connectivity index (χ4n) is 1.02. The van der Waals surface area contributed by atoms with E-state index >= 15 is 0 Å². The van der Waals surface area contributed by atoms with Crippen molar-refractivity contribution in [2.24, 2.45) is 5.73 Å². The first-order chi connectivity index (χ1) is 5.74. The lowest BCUT2D eigenvalue weighted by Gasteiger charge is -2.08. The van der Waals surface area contributed by atoms with Crippen molar-refractivity contribution >= 4 is 0 Å². The highest BCUT2D eigenvalue weighted by Crippen LogP contribution is 2.18. The van der Waals surface area contributed by atoms with Crippen LogP contribution in [0.5, 0.6) is 5.75 Å². The van der Waals surface area contributed by atoms with Crippen LogP contribution >= 0.6 is 0 Å². The van der Waals surface area contributed by atoms with Gasteiger partial charge in [-0.3, -0.25) is 0 Å². The van der Waals surface area contributed by atoms with Crippen LogP contribution in [0.1, 0.15) is 18.1 Å². The van der Waals surface area contributed by atoms with Gasteiger partial charge in [0.05, 0.1) is 6.10 Å². The summed E-state index contributed by atoms with van der Waals surface area (Å²) in [5.74, 6) is 0.207. The molecule has 1 aromatic rings. The second-order valence-corrected chi connectivity index (χ2v) is 2.68. The Morgan fingerprint density at radius 2 is 1.83 bits per heavy atom. The summed E-state index contributed by atoms with van der Waals surface area (Å²) in [7, 11) is 0. The summed E-state index contributed by atoms with van der Waals surface area (Å²) in [5, 5.41) is 18.4. The molecular weight excluding hydrogens is 154 g/mol. The summed E-state index contributed by atoms with van der Waals surface area (Å²) in [6, 6.07) is 6.48. The lowest BCUT2D eigenvalue weighted by Crippen LogP contribution is -2.06. The monoisotopic (exact) mass is 167 g/mol. The minimum Gasteiger partial charge on any atom is -0.508 e. The molecule has 0 aliphatic rings. The number of aliphatic hydroxyl groups excluding tert-OH is 1. The summed E-state index contributed by atoms with van der Waals surface area (Å²) in [5.41, 5.74) is 6.08. The van der Waals surface area contributed by atoms with E-state index in [0.717, 1.165) is 5.56 Å². The molecule has 4 N–H and O–H groups in total. The van der Waals surface area contributed by atoms with Crippen molar-refractivity contribution < 1.29 is 10.2 Å². The Morgan fingerprint density at radius 3 is 2.33 bits per heavy atom. The number of rotatable bonds is 3. The van der Waals surface area contributed by atoms with Crippen molar-refractivity contribution in [1.29, 1.82) is 0 Å². The molecule has 66 valence electrons. The van der Waals surface area contributed by atoms with Crippen molar-refractivity contribution in [2.45, 2.75) is 12.5 Å². The van der Waals surface area contributed by atoms with E-state index < -0.39 is 6.10 Å². The smallest absolute Gasteiger partial charge is 0.115 e. The molecule has 0 radical (unpaired) electrons. The van der Waals surface area contributed by atoms with Gasteiger partial charge >= 0.3 is 0 Å². The molecule has 0 amide bonds. The standard InChI is InChI=1S/C9H13NO2/c10-6-5-9(12)7-1-3-8(11)4-2-7/h1-4,9,11-12H,5-6,10H2/t9-/m1/s1. The molecule has 0 aromatic heterocycles. The lowest BCUT2D eigenvalue weighted by molar-refractivity contribution is 0.170. The summed E-state index contributed by atoms with van der Waals surface area (Å²) >= 11 is 0. The van der Waals surface area contributed by atoms with Crippen molar-refractivity contribution in [3.63, 3.8) is 0 Å². The van der Waals surface area contributed by atoms with Crippen molar-refractivity contribution in [3.05, 3.63) is 29.8 Å². The molecular formula is C9H13NO2. The van der Waals surface area contributed by atoms with Gasteiger partial charge in [-0.25, -0.2) is 0 Å². The number of nitrogens with two attached hydrogens (primary N) is 1. The summed E-state index contributed by atoms with van der Waals surface area (Å²) in [6.07, 6.45) is 0.0284. The second-order valence-electron chi connectivity index (χ2n) is 2.68. The third-order valence-electron chi connectivity index (χ3n) is 1.72. The summed E-state index contributed by atoms with van der Waals surface area (Å²) in [6.45, 7) is 0.460. The molecule has 0 unspecified atom stereocenters. The second kappa shape index (κ2) is 4.09. The van der Waals surface area contributed by atoms with E-state index in [0.29, 0.717) is 13.0 Å². The summed E-state index contributed by atoms with van der Waals surface area (Å²) in [4.78, 5) is 0. The summed E-state index contributed by atoms with van der Waals surface area (Å²) < 4.78 is 0. The zero-order valence-corrected chi connectivity index (χ0v) is 6.77. The number of hydrogen-bond acceptors (Lipinski definition) is 3. The normalized spacial score (nSPS) is 12.8. The predicted octanol–water partition coefficient (Wildman–Crippen LogP) is 0.774. The Bertz CT molecular complexity index is 233. The van der Waals surface area contributed by atoms with Gasteiger partial charge in [0.2, 0.25) is 0 Å². The maximum absolute atomic E-state index is 9.45. The van der Waals surface area contributed by atoms with Crippen LogP contribution in [0.25, 0.3) is 0 Å². The highest BCUT2D eigenvalue weighted by molar-refractivity contribution is 5.27. The van der Waals surface area contributed by atoms with E-state index in [4.69, 9.17) is 10.8 Å². The molecule has 0 aliphatic carbocycles. The molecule has 0 heterocycles. The van der Waals surface area contributed by atoms with Crippen LogP contribution in [0.15, 0.2) is 24.3 Å². The minimum absolute atomic E-state index is 0.207. The van der Waals surface area contributed by atoms with Crippen molar-refractivity contribution in [2.75, 3.05) is 6.54 Å². The average molecular weight is 167 g/mol. The first kappa shape index (κ1) is 9.03. The number of aromatic hydroxyl groups is 1. The minimum atomic E-state index is -0.518. The van der Waals surface area contributed by atoms with Crippen LogP contribution in [0.4, 0.5) is 0 Å². The van der Waals surface area contributed by atoms with E-state index in [2.05, 4.69) is 0 Å². The van der Waals surface area contributed by atoms with E-state index in [1.807, 2.05) is 0 Å². The molecule has 12 heavy (non-hydrogen) atoms. The van der Waals surface area contributed by atoms with Gasteiger partial charge in [0.15, 0.2) is 0 Å². The van der Waals surface area contributed by atoms with E-state index in [1.165, 1.54) is 0 Å². The number of hydrogen-bond donors (Lipinski definition) is 3. The van der Waals surface area contributed by atoms with Gasteiger partial charge in [-0.15, -0.1) is 0 Å². The third-order valence-corrected chi connectivity index (χ3v) is 1.72. The third kappa shape index (κ3) is 2.22. The number of benzene rings is 1. The van der Waals surface area contributed by atoms with Gasteiger partial charge in [-0.1, -0.05) is 12.1 Å². The van der Waals surface area contributed by atoms with Gasteiger partial charge in [0, 0.05) is 0 Å². The molecule has 0 aliphatic heterocycles. The Kier molecular flexibility index (Phi) is 3.08. The molecule has 0 bridgehead atoms. The molecule has 0 saturated carbocycles. The highest BCUT2D eigenvalue weighted by atomic mass is 16.3. The number of aliphatic hydroxyl groups is 1. The van der Waals surface area contributed by atoms with Gasteiger partial charge in [-0.05, 0) is 30.7 Å². The number of phenolic OH excluding ortho intramolecular Hbond substituents is 1. The molecule has 0 spiro atoms. The van der Waals surface area contributed by atoms with E-state index in [9.17, 15) is 5.11 Å². The van der Waals surface area contributed by atoms with Crippen LogP contribution in [0, 0.1) is 0 Å². The molecule has 1 atom stereocenters. The topological polar surface area (TPSA) is 66.5 Å². The Labute approximate surface area is 71.5 Å². The van der Waals surface area contributed by atoms with Gasteiger partial charge < -0.3 is 15.9 Å². The van der Waals surface area contributed by atoms with Gasteiger partial charge in [0.1, 0.15) is 5.75 Å². The highest BCUT2D eigenvalue weighted by Gasteiger charge is 2.04. The first-order valence-corrected chi connectivity index (χ1v) is 3.91. The zero-order valence-electron chi connectivity index (χ0n) is 6.77.